The summed E-state index contributed by atoms with van der Waals surface area (Å²) in [4.78, 5) is 13.2. The topological polar surface area (TPSA) is 55.5 Å². The first-order valence-corrected chi connectivity index (χ1v) is 3.66. The maximum atomic E-state index is 10.3. The van der Waals surface area contributed by atoms with Crippen molar-refractivity contribution in [3.63, 3.8) is 0 Å². The Balaban J connectivity index is 3.06. The normalized spacial score (nSPS) is 21.3. The first kappa shape index (κ1) is 9.04. The summed E-state index contributed by atoms with van der Waals surface area (Å²) in [6.07, 6.45) is 1.08. The fraction of sp³-hybridized carbons (Fsp3) is 0.167. The van der Waals surface area contributed by atoms with Gasteiger partial charge in [0.25, 0.3) is 0 Å². The lowest BCUT2D eigenvalue weighted by molar-refractivity contribution is -0.414. The number of hydrogen-bond donors (Lipinski definition) is 0. The molecule has 1 atom stereocenters. The van der Waals surface area contributed by atoms with Gasteiger partial charge in [0.05, 0.1) is 11.0 Å². The van der Waals surface area contributed by atoms with Crippen LogP contribution in [0.3, 0.4) is 0 Å². The Morgan fingerprint density at radius 3 is 3.00 bits per heavy atom. The highest BCUT2D eigenvalue weighted by atomic mass is 35.5. The van der Waals surface area contributed by atoms with Crippen LogP contribution in [-0.4, -0.2) is 15.6 Å². The zero-order chi connectivity index (χ0) is 9.14. The molecule has 0 saturated heterocycles. The summed E-state index contributed by atoms with van der Waals surface area (Å²) >= 11 is 10.9. The molecule has 0 aromatic carbocycles. The monoisotopic (exact) mass is 204 g/mol. The fourth-order valence-electron chi connectivity index (χ4n) is 0.564. The number of alkyl halides is 1. The molecule has 1 rings (SSSR count). The largest absolute Gasteiger partial charge is 0.314 e. The lowest BCUT2D eigenvalue weighted by Crippen LogP contribution is -2.06. The van der Waals surface area contributed by atoms with Crippen LogP contribution in [0, 0.1) is 22.0 Å². The van der Waals surface area contributed by atoms with E-state index in [0.29, 0.717) is 0 Å². The second-order valence-corrected chi connectivity index (χ2v) is 2.60. The van der Waals surface area contributed by atoms with Gasteiger partial charge in [-0.15, -0.1) is 0 Å². The van der Waals surface area contributed by atoms with Crippen molar-refractivity contribution in [1.82, 2.24) is 0 Å². The Hall–Kier alpha value is -1.05. The Bertz CT molecular complexity index is 337. The molecule has 0 aliphatic carbocycles. The van der Waals surface area contributed by atoms with E-state index in [2.05, 4.69) is 16.8 Å². The van der Waals surface area contributed by atoms with Crippen molar-refractivity contribution in [2.75, 3.05) is 0 Å². The Morgan fingerprint density at radius 2 is 2.42 bits per heavy atom. The third-order valence-corrected chi connectivity index (χ3v) is 1.54. The van der Waals surface area contributed by atoms with Crippen LogP contribution in [-0.2, 0) is 0 Å². The third-order valence-electron chi connectivity index (χ3n) is 1.05. The number of nitrogens with zero attached hydrogens (tertiary/aromatic N) is 2. The van der Waals surface area contributed by atoms with Gasteiger partial charge in [-0.3, -0.25) is 10.1 Å². The lowest BCUT2D eigenvalue weighted by Gasteiger charge is -1.93. The first-order chi connectivity index (χ1) is 5.61. The van der Waals surface area contributed by atoms with Gasteiger partial charge in [0.2, 0.25) is 5.17 Å². The van der Waals surface area contributed by atoms with Gasteiger partial charge in [-0.25, -0.2) is 4.99 Å². The fourth-order valence-corrected chi connectivity index (χ4v) is 0.996. The van der Waals surface area contributed by atoms with Crippen molar-refractivity contribution in [2.24, 2.45) is 4.99 Å². The van der Waals surface area contributed by atoms with Crippen molar-refractivity contribution in [2.45, 2.75) is 5.50 Å². The average molecular weight is 205 g/mol. The smallest absolute Gasteiger partial charge is 0.258 e. The van der Waals surface area contributed by atoms with Gasteiger partial charge in [0, 0.05) is 0 Å². The SMILES string of the molecule is O=[N+]([O-])C1=CC#CC(Cl)N=C1Cl. The van der Waals surface area contributed by atoms with E-state index in [4.69, 9.17) is 23.2 Å². The van der Waals surface area contributed by atoms with E-state index in [-0.39, 0.29) is 10.9 Å². The molecule has 12 heavy (non-hydrogen) atoms. The molecule has 1 unspecified atom stereocenters. The molecule has 0 saturated carbocycles. The highest BCUT2D eigenvalue weighted by Crippen LogP contribution is 2.10. The van der Waals surface area contributed by atoms with E-state index in [1.807, 2.05) is 0 Å². The summed E-state index contributed by atoms with van der Waals surface area (Å²) in [6, 6.07) is 0. The molecule has 1 heterocycles. The molecule has 62 valence electrons. The summed E-state index contributed by atoms with van der Waals surface area (Å²) in [5, 5.41) is 10.0. The number of allylic oxidation sites excluding steroid dienone is 2. The van der Waals surface area contributed by atoms with Gasteiger partial charge in [0.15, 0.2) is 5.50 Å². The highest BCUT2D eigenvalue weighted by Gasteiger charge is 2.18. The van der Waals surface area contributed by atoms with Crippen molar-refractivity contribution in [3.8, 4) is 11.8 Å². The van der Waals surface area contributed by atoms with Crippen LogP contribution in [0.4, 0.5) is 0 Å². The maximum Gasteiger partial charge on any atom is 0.314 e. The molecular formula is C6H2Cl2N2O2. The predicted molar refractivity (Wildman–Crippen MR) is 45.8 cm³/mol. The van der Waals surface area contributed by atoms with E-state index in [1.165, 1.54) is 0 Å². The van der Waals surface area contributed by atoms with E-state index in [0.717, 1.165) is 6.08 Å². The summed E-state index contributed by atoms with van der Waals surface area (Å²) < 4.78 is 0. The molecule has 0 fully saturated rings. The molecule has 6 heteroatoms. The van der Waals surface area contributed by atoms with Crippen molar-refractivity contribution < 1.29 is 4.92 Å². The summed E-state index contributed by atoms with van der Waals surface area (Å²) in [7, 11) is 0. The molecule has 0 amide bonds. The van der Waals surface area contributed by atoms with Crippen LogP contribution < -0.4 is 0 Å². The van der Waals surface area contributed by atoms with Crippen molar-refractivity contribution >= 4 is 28.4 Å². The zero-order valence-corrected chi connectivity index (χ0v) is 7.13. The zero-order valence-electron chi connectivity index (χ0n) is 5.62. The summed E-state index contributed by atoms with van der Waals surface area (Å²) in [6.45, 7) is 0. The van der Waals surface area contributed by atoms with Crippen LogP contribution >= 0.6 is 23.2 Å². The number of hydrogen-bond acceptors (Lipinski definition) is 3. The minimum atomic E-state index is -0.814. The van der Waals surface area contributed by atoms with Crippen molar-refractivity contribution in [3.05, 3.63) is 21.9 Å². The summed E-state index contributed by atoms with van der Waals surface area (Å²) in [5.74, 6) is 4.80. The van der Waals surface area contributed by atoms with Gasteiger partial charge in [-0.2, -0.15) is 0 Å². The maximum absolute atomic E-state index is 10.3. The average Bonchev–Trinajstić information content (AvgIpc) is 2.10. The van der Waals surface area contributed by atoms with Crippen LogP contribution in [0.2, 0.25) is 0 Å². The number of rotatable bonds is 1. The Morgan fingerprint density at radius 1 is 1.75 bits per heavy atom. The van der Waals surface area contributed by atoms with Crippen LogP contribution in [0.15, 0.2) is 16.8 Å². The minimum absolute atomic E-state index is 0.238. The Labute approximate surface area is 78.0 Å². The number of nitro groups is 1. The van der Waals surface area contributed by atoms with E-state index < -0.39 is 10.4 Å². The predicted octanol–water partition coefficient (Wildman–Crippen LogP) is 1.37. The highest BCUT2D eigenvalue weighted by molar-refractivity contribution is 6.69. The molecule has 4 nitrogen and oxygen atoms in total. The van der Waals surface area contributed by atoms with Gasteiger partial charge < -0.3 is 0 Å². The minimum Gasteiger partial charge on any atom is -0.258 e. The van der Waals surface area contributed by atoms with E-state index in [9.17, 15) is 10.1 Å². The second-order valence-electron chi connectivity index (χ2n) is 1.83. The van der Waals surface area contributed by atoms with Crippen LogP contribution in [0.5, 0.6) is 0 Å². The molecule has 0 aromatic heterocycles. The van der Waals surface area contributed by atoms with Gasteiger partial charge in [-0.05, 0) is 0 Å². The molecule has 0 spiro atoms. The van der Waals surface area contributed by atoms with Crippen LogP contribution in [0.1, 0.15) is 0 Å². The van der Waals surface area contributed by atoms with E-state index >= 15 is 0 Å². The quantitative estimate of drug-likeness (QED) is 0.213. The number of halogens is 2. The van der Waals surface area contributed by atoms with Crippen LogP contribution in [0.25, 0.3) is 0 Å². The third kappa shape index (κ3) is 1.97. The lowest BCUT2D eigenvalue weighted by atomic mass is 10.4. The molecular weight excluding hydrogens is 203 g/mol. The molecule has 1 aliphatic heterocycles. The van der Waals surface area contributed by atoms with Crippen molar-refractivity contribution in [1.29, 1.82) is 0 Å². The second kappa shape index (κ2) is 3.57. The molecule has 1 aliphatic rings. The Kier molecular flexibility index (Phi) is 2.69. The standard InChI is InChI=1S/C6H2Cl2N2O2/c7-5-3-1-2-4(10(11)12)6(8)9-5/h2,5H. The summed E-state index contributed by atoms with van der Waals surface area (Å²) in [5.41, 5.74) is -1.14. The molecule has 0 aromatic rings. The molecule has 0 radical (unpaired) electrons. The van der Waals surface area contributed by atoms with E-state index in [1.54, 1.807) is 0 Å². The molecule has 0 bridgehead atoms. The van der Waals surface area contributed by atoms with Gasteiger partial charge in [-0.1, -0.05) is 35.0 Å². The molecule has 0 N–H and O–H groups in total. The van der Waals surface area contributed by atoms with Gasteiger partial charge >= 0.3 is 5.70 Å². The number of aliphatic imine (C=N–C) groups is 1. The first-order valence-electron chi connectivity index (χ1n) is 2.84. The van der Waals surface area contributed by atoms with Gasteiger partial charge in [0.1, 0.15) is 0 Å².